The van der Waals surface area contributed by atoms with Gasteiger partial charge in [0.1, 0.15) is 4.60 Å². The molecule has 0 radical (unpaired) electrons. The summed E-state index contributed by atoms with van der Waals surface area (Å²) in [4.78, 5) is 4.29. The lowest BCUT2D eigenvalue weighted by Crippen LogP contribution is -2.35. The molecule has 112 valence electrons. The Balaban J connectivity index is 3.08. The second-order valence-electron chi connectivity index (χ2n) is 5.31. The Labute approximate surface area is 131 Å². The summed E-state index contributed by atoms with van der Waals surface area (Å²) in [5, 5.41) is 0. The minimum absolute atomic E-state index is 0.150. The summed E-state index contributed by atoms with van der Waals surface area (Å²) in [5.41, 5.74) is 0.869. The predicted octanol–water partition coefficient (Wildman–Crippen LogP) is 3.52. The summed E-state index contributed by atoms with van der Waals surface area (Å²) in [5.74, 6) is 0.518. The lowest BCUT2D eigenvalue weighted by molar-refractivity contribution is 0.386. The van der Waals surface area contributed by atoms with Crippen LogP contribution in [0.2, 0.25) is 0 Å². The second-order valence-corrected chi connectivity index (χ2v) is 8.12. The molecule has 1 heterocycles. The first-order chi connectivity index (χ1) is 9.29. The first-order valence-electron chi connectivity index (χ1n) is 6.29. The third-order valence-electron chi connectivity index (χ3n) is 2.63. The summed E-state index contributed by atoms with van der Waals surface area (Å²) in [7, 11) is 0.396. The number of rotatable bonds is 6. The van der Waals surface area contributed by atoms with E-state index in [-0.39, 0.29) is 10.8 Å². The van der Waals surface area contributed by atoms with E-state index in [0.29, 0.717) is 16.9 Å². The van der Waals surface area contributed by atoms with Crippen molar-refractivity contribution in [1.82, 2.24) is 9.71 Å². The Morgan fingerprint density at radius 1 is 1.55 bits per heavy atom. The van der Waals surface area contributed by atoms with Gasteiger partial charge in [0.2, 0.25) is 5.88 Å². The van der Waals surface area contributed by atoms with Crippen LogP contribution >= 0.6 is 15.9 Å². The SMILES string of the molecule is C=CC[C@H](N[S@](=O)C(C)(C)C)c1ccc(Br)nc1OC. The molecular formula is C14H21BrN2O2S. The monoisotopic (exact) mass is 360 g/mol. The van der Waals surface area contributed by atoms with Gasteiger partial charge in [-0.05, 0) is 55.3 Å². The van der Waals surface area contributed by atoms with E-state index in [4.69, 9.17) is 4.74 Å². The molecule has 1 N–H and O–H groups in total. The van der Waals surface area contributed by atoms with Gasteiger partial charge >= 0.3 is 0 Å². The van der Waals surface area contributed by atoms with Crippen LogP contribution in [-0.2, 0) is 11.0 Å². The van der Waals surface area contributed by atoms with Gasteiger partial charge < -0.3 is 4.74 Å². The molecule has 2 atom stereocenters. The number of hydrogen-bond donors (Lipinski definition) is 1. The first-order valence-corrected chi connectivity index (χ1v) is 8.23. The predicted molar refractivity (Wildman–Crippen MR) is 87.1 cm³/mol. The molecule has 4 nitrogen and oxygen atoms in total. The fraction of sp³-hybridized carbons (Fsp3) is 0.500. The summed E-state index contributed by atoms with van der Waals surface area (Å²) >= 11 is 3.32. The van der Waals surface area contributed by atoms with Crippen molar-refractivity contribution in [2.45, 2.75) is 38.0 Å². The highest BCUT2D eigenvalue weighted by Gasteiger charge is 2.25. The lowest BCUT2D eigenvalue weighted by atomic mass is 10.1. The van der Waals surface area contributed by atoms with Crippen molar-refractivity contribution in [2.24, 2.45) is 0 Å². The van der Waals surface area contributed by atoms with Gasteiger partial charge in [0.05, 0.1) is 28.9 Å². The number of ether oxygens (including phenoxy) is 1. The molecule has 0 bridgehead atoms. The van der Waals surface area contributed by atoms with Gasteiger partial charge in [-0.15, -0.1) is 6.58 Å². The number of nitrogens with one attached hydrogen (secondary N) is 1. The van der Waals surface area contributed by atoms with Crippen LogP contribution in [0.1, 0.15) is 38.8 Å². The van der Waals surface area contributed by atoms with Crippen LogP contribution < -0.4 is 9.46 Å². The molecule has 1 rings (SSSR count). The van der Waals surface area contributed by atoms with Gasteiger partial charge in [0, 0.05) is 5.56 Å². The minimum atomic E-state index is -1.18. The van der Waals surface area contributed by atoms with Crippen molar-refractivity contribution in [3.05, 3.63) is 35.0 Å². The quantitative estimate of drug-likeness (QED) is 0.623. The molecule has 0 unspecified atom stereocenters. The molecule has 0 spiro atoms. The molecule has 0 amide bonds. The van der Waals surface area contributed by atoms with Crippen molar-refractivity contribution in [1.29, 1.82) is 0 Å². The zero-order valence-corrected chi connectivity index (χ0v) is 14.7. The van der Waals surface area contributed by atoms with Crippen LogP contribution in [0.15, 0.2) is 29.4 Å². The molecule has 0 saturated carbocycles. The second kappa shape index (κ2) is 7.33. The van der Waals surface area contributed by atoms with E-state index >= 15 is 0 Å². The van der Waals surface area contributed by atoms with Gasteiger partial charge in [0.25, 0.3) is 0 Å². The standard InChI is InChI=1S/C14H21BrN2O2S/c1-6-7-11(17-20(18)14(2,3)4)10-8-9-12(15)16-13(10)19-5/h6,8-9,11,17H,1,7H2,2-5H3/t11-,20+/m0/s1. The van der Waals surface area contributed by atoms with E-state index in [1.54, 1.807) is 13.2 Å². The number of hydrogen-bond acceptors (Lipinski definition) is 3. The van der Waals surface area contributed by atoms with Crippen LogP contribution in [0.4, 0.5) is 0 Å². The van der Waals surface area contributed by atoms with Crippen molar-refractivity contribution >= 4 is 26.9 Å². The molecule has 0 saturated heterocycles. The number of halogens is 1. The Kier molecular flexibility index (Phi) is 6.36. The smallest absolute Gasteiger partial charge is 0.218 e. The molecular weight excluding hydrogens is 340 g/mol. The molecule has 0 aromatic carbocycles. The maximum atomic E-state index is 12.3. The number of methoxy groups -OCH3 is 1. The Morgan fingerprint density at radius 2 is 2.20 bits per heavy atom. The highest BCUT2D eigenvalue weighted by atomic mass is 79.9. The van der Waals surface area contributed by atoms with E-state index < -0.39 is 11.0 Å². The van der Waals surface area contributed by atoms with E-state index in [9.17, 15) is 4.21 Å². The highest BCUT2D eigenvalue weighted by Crippen LogP contribution is 2.28. The largest absolute Gasteiger partial charge is 0.481 e. The van der Waals surface area contributed by atoms with Crippen molar-refractivity contribution < 1.29 is 8.95 Å². The minimum Gasteiger partial charge on any atom is -0.481 e. The van der Waals surface area contributed by atoms with E-state index in [0.717, 1.165) is 5.56 Å². The Morgan fingerprint density at radius 3 is 2.70 bits per heavy atom. The van der Waals surface area contributed by atoms with Gasteiger partial charge in [-0.3, -0.25) is 0 Å². The molecule has 6 heteroatoms. The molecule has 0 aliphatic heterocycles. The fourth-order valence-corrected chi connectivity index (χ4v) is 2.70. The summed E-state index contributed by atoms with van der Waals surface area (Å²) in [6.45, 7) is 9.55. The molecule has 0 fully saturated rings. The van der Waals surface area contributed by atoms with E-state index in [2.05, 4.69) is 32.2 Å². The van der Waals surface area contributed by atoms with E-state index in [1.807, 2.05) is 32.9 Å². The third-order valence-corrected chi connectivity index (χ3v) is 4.68. The van der Waals surface area contributed by atoms with Crippen molar-refractivity contribution in [2.75, 3.05) is 7.11 Å². The average Bonchev–Trinajstić information content (AvgIpc) is 2.36. The van der Waals surface area contributed by atoms with Gasteiger partial charge in [0.15, 0.2) is 0 Å². The third kappa shape index (κ3) is 4.68. The Bertz CT molecular complexity index is 500. The van der Waals surface area contributed by atoms with Gasteiger partial charge in [-0.25, -0.2) is 13.9 Å². The summed E-state index contributed by atoms with van der Waals surface area (Å²) in [6.07, 6.45) is 2.43. The zero-order valence-electron chi connectivity index (χ0n) is 12.3. The molecule has 0 aliphatic rings. The number of aromatic nitrogens is 1. The van der Waals surface area contributed by atoms with Gasteiger partial charge in [-0.1, -0.05) is 6.08 Å². The van der Waals surface area contributed by atoms with Crippen molar-refractivity contribution in [3.63, 3.8) is 0 Å². The first kappa shape index (κ1) is 17.3. The van der Waals surface area contributed by atoms with Crippen molar-refractivity contribution in [3.8, 4) is 5.88 Å². The van der Waals surface area contributed by atoms with Crippen LogP contribution in [-0.4, -0.2) is 21.0 Å². The van der Waals surface area contributed by atoms with Crippen LogP contribution in [0, 0.1) is 0 Å². The van der Waals surface area contributed by atoms with Crippen LogP contribution in [0.3, 0.4) is 0 Å². The lowest BCUT2D eigenvalue weighted by Gasteiger charge is -2.24. The highest BCUT2D eigenvalue weighted by molar-refractivity contribution is 9.10. The maximum Gasteiger partial charge on any atom is 0.218 e. The summed E-state index contributed by atoms with van der Waals surface area (Å²) < 4.78 is 21.1. The molecule has 1 aromatic rings. The van der Waals surface area contributed by atoms with Crippen LogP contribution in [0.5, 0.6) is 5.88 Å². The fourth-order valence-electron chi connectivity index (χ4n) is 1.57. The maximum absolute atomic E-state index is 12.3. The Hall–Kier alpha value is -0.720. The van der Waals surface area contributed by atoms with Crippen LogP contribution in [0.25, 0.3) is 0 Å². The zero-order chi connectivity index (χ0) is 15.3. The average molecular weight is 361 g/mol. The summed E-state index contributed by atoms with van der Waals surface area (Å²) in [6, 6.07) is 3.61. The number of nitrogens with zero attached hydrogens (tertiary/aromatic N) is 1. The normalized spacial score (nSPS) is 14.7. The molecule has 20 heavy (non-hydrogen) atoms. The van der Waals surface area contributed by atoms with Gasteiger partial charge in [-0.2, -0.15) is 0 Å². The number of pyridine rings is 1. The van der Waals surface area contributed by atoms with E-state index in [1.165, 1.54) is 0 Å². The molecule has 1 aromatic heterocycles. The topological polar surface area (TPSA) is 51.2 Å². The molecule has 0 aliphatic carbocycles.